The third-order valence-corrected chi connectivity index (χ3v) is 3.04. The normalized spacial score (nSPS) is 23.9. The van der Waals surface area contributed by atoms with E-state index in [0.29, 0.717) is 12.6 Å². The second-order valence-corrected chi connectivity index (χ2v) is 4.30. The van der Waals surface area contributed by atoms with Crippen LogP contribution in [0.1, 0.15) is 0 Å². The molecule has 1 amide bonds. The number of hydrogen-bond acceptors (Lipinski definition) is 4. The highest BCUT2D eigenvalue weighted by molar-refractivity contribution is 5.78. The average molecular weight is 213 g/mol. The van der Waals surface area contributed by atoms with E-state index in [1.54, 1.807) is 0 Å². The summed E-state index contributed by atoms with van der Waals surface area (Å²) in [5.41, 5.74) is 0. The summed E-state index contributed by atoms with van der Waals surface area (Å²) in [6, 6.07) is 0.390. The summed E-state index contributed by atoms with van der Waals surface area (Å²) in [6.45, 7) is 5.64. The first kappa shape index (κ1) is 10.9. The minimum Gasteiger partial charge on any atom is -0.378 e. The van der Waals surface area contributed by atoms with Crippen molar-refractivity contribution in [3.63, 3.8) is 0 Å². The van der Waals surface area contributed by atoms with E-state index in [1.165, 1.54) is 0 Å². The third-order valence-electron chi connectivity index (χ3n) is 3.04. The van der Waals surface area contributed by atoms with Gasteiger partial charge in [0.15, 0.2) is 0 Å². The largest absolute Gasteiger partial charge is 0.378 e. The number of carbonyl (C=O) groups excluding carboxylic acids is 1. The van der Waals surface area contributed by atoms with Gasteiger partial charge >= 0.3 is 0 Å². The standard InChI is InChI=1S/C10H19N3O2/c1-12-2-4-13(5-3-12)10(14)6-11-9-7-15-8-9/h9,11H,2-8H2,1H3. The Balaban J connectivity index is 1.66. The number of likely N-dealkylation sites (N-methyl/N-ethyl adjacent to an activating group) is 1. The van der Waals surface area contributed by atoms with Gasteiger partial charge in [-0.25, -0.2) is 0 Å². The van der Waals surface area contributed by atoms with Gasteiger partial charge in [0.25, 0.3) is 0 Å². The number of carbonyl (C=O) groups is 1. The number of hydrogen-bond donors (Lipinski definition) is 1. The van der Waals surface area contributed by atoms with Crippen molar-refractivity contribution in [1.29, 1.82) is 0 Å². The lowest BCUT2D eigenvalue weighted by Crippen LogP contribution is -2.53. The topological polar surface area (TPSA) is 44.8 Å². The van der Waals surface area contributed by atoms with E-state index in [2.05, 4.69) is 17.3 Å². The molecule has 0 unspecified atom stereocenters. The van der Waals surface area contributed by atoms with Crippen molar-refractivity contribution in [1.82, 2.24) is 15.1 Å². The van der Waals surface area contributed by atoms with Crippen molar-refractivity contribution < 1.29 is 9.53 Å². The summed E-state index contributed by atoms with van der Waals surface area (Å²) < 4.78 is 5.03. The molecule has 5 heteroatoms. The number of nitrogens with zero attached hydrogens (tertiary/aromatic N) is 2. The summed E-state index contributed by atoms with van der Waals surface area (Å²) in [5.74, 6) is 0.218. The van der Waals surface area contributed by atoms with Crippen molar-refractivity contribution in [3.8, 4) is 0 Å². The lowest BCUT2D eigenvalue weighted by atomic mass is 10.2. The van der Waals surface area contributed by atoms with Gasteiger partial charge in [-0.05, 0) is 7.05 Å². The van der Waals surface area contributed by atoms with Crippen LogP contribution in [0, 0.1) is 0 Å². The van der Waals surface area contributed by atoms with Crippen LogP contribution in [0.3, 0.4) is 0 Å². The Hall–Kier alpha value is -0.650. The van der Waals surface area contributed by atoms with Crippen molar-refractivity contribution >= 4 is 5.91 Å². The van der Waals surface area contributed by atoms with Gasteiger partial charge in [0.05, 0.1) is 25.8 Å². The summed E-state index contributed by atoms with van der Waals surface area (Å²) >= 11 is 0. The first-order valence-electron chi connectivity index (χ1n) is 5.53. The van der Waals surface area contributed by atoms with Crippen LogP contribution < -0.4 is 5.32 Å². The third kappa shape index (κ3) is 2.90. The Bertz CT molecular complexity index is 223. The van der Waals surface area contributed by atoms with Gasteiger partial charge in [-0.1, -0.05) is 0 Å². The summed E-state index contributed by atoms with van der Waals surface area (Å²) in [7, 11) is 2.09. The molecule has 2 heterocycles. The number of piperazine rings is 1. The molecule has 0 bridgehead atoms. The number of amides is 1. The van der Waals surface area contributed by atoms with E-state index in [-0.39, 0.29) is 5.91 Å². The molecule has 0 atom stereocenters. The fourth-order valence-electron chi connectivity index (χ4n) is 1.75. The average Bonchev–Trinajstić information content (AvgIpc) is 2.16. The molecule has 86 valence electrons. The SMILES string of the molecule is CN1CCN(C(=O)CNC2COC2)CC1. The Morgan fingerprint density at radius 1 is 1.33 bits per heavy atom. The molecule has 2 aliphatic heterocycles. The predicted molar refractivity (Wildman–Crippen MR) is 56.7 cm³/mol. The van der Waals surface area contributed by atoms with Crippen molar-refractivity contribution in [3.05, 3.63) is 0 Å². The van der Waals surface area contributed by atoms with E-state index in [0.717, 1.165) is 39.4 Å². The molecule has 1 N–H and O–H groups in total. The molecule has 0 saturated carbocycles. The van der Waals surface area contributed by atoms with Gasteiger partial charge in [0.1, 0.15) is 0 Å². The van der Waals surface area contributed by atoms with Gasteiger partial charge in [0, 0.05) is 26.2 Å². The van der Waals surface area contributed by atoms with Crippen LogP contribution in [0.2, 0.25) is 0 Å². The lowest BCUT2D eigenvalue weighted by Gasteiger charge is -2.33. The minimum atomic E-state index is 0.218. The Morgan fingerprint density at radius 2 is 2.00 bits per heavy atom. The molecule has 0 aliphatic carbocycles. The monoisotopic (exact) mass is 213 g/mol. The summed E-state index contributed by atoms with van der Waals surface area (Å²) in [5, 5.41) is 3.20. The maximum Gasteiger partial charge on any atom is 0.236 e. The zero-order chi connectivity index (χ0) is 10.7. The number of rotatable bonds is 3. The molecule has 0 aromatic carbocycles. The highest BCUT2D eigenvalue weighted by Crippen LogP contribution is 2.01. The molecule has 0 radical (unpaired) electrons. The fourth-order valence-corrected chi connectivity index (χ4v) is 1.75. The highest BCUT2D eigenvalue weighted by Gasteiger charge is 2.22. The first-order chi connectivity index (χ1) is 7.25. The molecular formula is C10H19N3O2. The van der Waals surface area contributed by atoms with Gasteiger partial charge in [-0.3, -0.25) is 4.79 Å². The Labute approximate surface area is 90.4 Å². The second kappa shape index (κ2) is 4.92. The van der Waals surface area contributed by atoms with Gasteiger partial charge in [0.2, 0.25) is 5.91 Å². The van der Waals surface area contributed by atoms with E-state index in [9.17, 15) is 4.79 Å². The van der Waals surface area contributed by atoms with Gasteiger partial charge in [-0.15, -0.1) is 0 Å². The van der Waals surface area contributed by atoms with E-state index in [4.69, 9.17) is 4.74 Å². The van der Waals surface area contributed by atoms with Crippen molar-refractivity contribution in [2.45, 2.75) is 6.04 Å². The molecule has 2 fully saturated rings. The van der Waals surface area contributed by atoms with Crippen LogP contribution in [0.15, 0.2) is 0 Å². The lowest BCUT2D eigenvalue weighted by molar-refractivity contribution is -0.132. The van der Waals surface area contributed by atoms with Crippen LogP contribution >= 0.6 is 0 Å². The van der Waals surface area contributed by atoms with Crippen LogP contribution in [0.5, 0.6) is 0 Å². The molecule has 2 aliphatic rings. The summed E-state index contributed by atoms with van der Waals surface area (Å²) in [6.07, 6.45) is 0. The van der Waals surface area contributed by atoms with E-state index >= 15 is 0 Å². The van der Waals surface area contributed by atoms with E-state index in [1.807, 2.05) is 4.90 Å². The fraction of sp³-hybridized carbons (Fsp3) is 0.900. The molecule has 5 nitrogen and oxygen atoms in total. The van der Waals surface area contributed by atoms with Crippen LogP contribution in [-0.4, -0.2) is 74.7 Å². The molecule has 0 aromatic rings. The van der Waals surface area contributed by atoms with Gasteiger partial charge < -0.3 is 19.9 Å². The zero-order valence-corrected chi connectivity index (χ0v) is 9.24. The Morgan fingerprint density at radius 3 is 2.53 bits per heavy atom. The molecule has 15 heavy (non-hydrogen) atoms. The second-order valence-electron chi connectivity index (χ2n) is 4.30. The maximum atomic E-state index is 11.8. The zero-order valence-electron chi connectivity index (χ0n) is 9.24. The Kier molecular flexibility index (Phi) is 3.56. The number of nitrogens with one attached hydrogen (secondary N) is 1. The van der Waals surface area contributed by atoms with Crippen molar-refractivity contribution in [2.24, 2.45) is 0 Å². The first-order valence-corrected chi connectivity index (χ1v) is 5.53. The molecule has 2 rings (SSSR count). The van der Waals surface area contributed by atoms with Crippen LogP contribution in [0.4, 0.5) is 0 Å². The molecule has 0 spiro atoms. The van der Waals surface area contributed by atoms with Gasteiger partial charge in [-0.2, -0.15) is 0 Å². The number of ether oxygens (including phenoxy) is 1. The highest BCUT2D eigenvalue weighted by atomic mass is 16.5. The van der Waals surface area contributed by atoms with Crippen LogP contribution in [0.25, 0.3) is 0 Å². The maximum absolute atomic E-state index is 11.8. The molecular weight excluding hydrogens is 194 g/mol. The molecule has 0 aromatic heterocycles. The predicted octanol–water partition coefficient (Wildman–Crippen LogP) is -1.25. The van der Waals surface area contributed by atoms with Crippen molar-refractivity contribution in [2.75, 3.05) is 53.0 Å². The summed E-state index contributed by atoms with van der Waals surface area (Å²) in [4.78, 5) is 15.9. The van der Waals surface area contributed by atoms with Crippen LogP contribution in [-0.2, 0) is 9.53 Å². The molecule has 2 saturated heterocycles. The smallest absolute Gasteiger partial charge is 0.236 e. The minimum absolute atomic E-state index is 0.218. The van der Waals surface area contributed by atoms with E-state index < -0.39 is 0 Å². The quantitative estimate of drug-likeness (QED) is 0.636.